The van der Waals surface area contributed by atoms with E-state index in [1.54, 1.807) is 0 Å². The van der Waals surface area contributed by atoms with Crippen LogP contribution < -0.4 is 0 Å². The molecule has 306 valence electrons. The Labute approximate surface area is 329 Å². The lowest BCUT2D eigenvalue weighted by molar-refractivity contribution is -0.163. The zero-order valence-electron chi connectivity index (χ0n) is 32.4. The summed E-state index contributed by atoms with van der Waals surface area (Å²) in [5, 5.41) is 0.741. The van der Waals surface area contributed by atoms with Gasteiger partial charge in [-0.05, 0) is 68.8 Å². The summed E-state index contributed by atoms with van der Waals surface area (Å²) in [4.78, 5) is 49.4. The summed E-state index contributed by atoms with van der Waals surface area (Å²) < 4.78 is 44.0. The number of esters is 3. The monoisotopic (exact) mass is 798 g/mol. The summed E-state index contributed by atoms with van der Waals surface area (Å²) >= 11 is 0. The Morgan fingerprint density at radius 3 is 2.33 bits per heavy atom. The van der Waals surface area contributed by atoms with E-state index in [4.69, 9.17) is 37.9 Å². The molecule has 0 aromatic carbocycles. The Morgan fingerprint density at radius 1 is 0.907 bits per heavy atom. The van der Waals surface area contributed by atoms with Crippen molar-refractivity contribution in [2.75, 3.05) is 58.6 Å². The molecule has 0 spiro atoms. The topological polar surface area (TPSA) is 142 Å². The van der Waals surface area contributed by atoms with E-state index < -0.39 is 18.2 Å². The van der Waals surface area contributed by atoms with E-state index in [9.17, 15) is 19.2 Å². The van der Waals surface area contributed by atoms with E-state index in [1.807, 2.05) is 35.4 Å². The second-order valence-corrected chi connectivity index (χ2v) is 17.4. The maximum absolute atomic E-state index is 12.7. The SMILES string of the molecule is CCC(C)C(=O)OC1CCC=C2C=CC(C)C(CCC3CC(OC(=O)OCCOCCOCCOCCOC(=O)CCCCC4CCSS4)CC(=O)O3)C21. The first kappa shape index (κ1) is 44.5. The third-order valence-electron chi connectivity index (χ3n) is 10.5. The summed E-state index contributed by atoms with van der Waals surface area (Å²) in [7, 11) is 3.91. The predicted octanol–water partition coefficient (Wildman–Crippen LogP) is 7.42. The van der Waals surface area contributed by atoms with Crippen LogP contribution in [0.5, 0.6) is 0 Å². The number of rotatable bonds is 24. The molecule has 0 aromatic heterocycles. The van der Waals surface area contributed by atoms with Gasteiger partial charge in [-0.2, -0.15) is 0 Å². The fraction of sp³-hybridized carbons (Fsp3) is 0.800. The molecule has 2 aliphatic heterocycles. The number of hydrogen-bond acceptors (Lipinski definition) is 14. The van der Waals surface area contributed by atoms with Crippen molar-refractivity contribution < 1.29 is 57.1 Å². The van der Waals surface area contributed by atoms with Gasteiger partial charge in [-0.1, -0.05) is 67.0 Å². The highest BCUT2D eigenvalue weighted by molar-refractivity contribution is 8.77. The maximum atomic E-state index is 12.7. The van der Waals surface area contributed by atoms with Crippen molar-refractivity contribution in [2.24, 2.45) is 23.7 Å². The first-order valence-corrected chi connectivity index (χ1v) is 22.4. The number of ether oxygens (including phenoxy) is 8. The van der Waals surface area contributed by atoms with E-state index >= 15 is 0 Å². The van der Waals surface area contributed by atoms with Crippen molar-refractivity contribution in [3.8, 4) is 0 Å². The molecule has 0 aromatic rings. The Hall–Kier alpha value is -2.26. The van der Waals surface area contributed by atoms with E-state index in [2.05, 4.69) is 25.2 Å². The van der Waals surface area contributed by atoms with E-state index in [0.29, 0.717) is 52.3 Å². The maximum Gasteiger partial charge on any atom is 0.508 e. The van der Waals surface area contributed by atoms with Crippen LogP contribution in [0.3, 0.4) is 0 Å². The molecule has 2 saturated heterocycles. The van der Waals surface area contributed by atoms with E-state index in [0.717, 1.165) is 43.8 Å². The number of fused-ring (bicyclic) bond motifs is 1. The zero-order chi connectivity index (χ0) is 38.5. The molecule has 0 amide bonds. The molecule has 4 rings (SSSR count). The van der Waals surface area contributed by atoms with Gasteiger partial charge in [0.2, 0.25) is 0 Å². The molecule has 8 atom stereocenters. The summed E-state index contributed by atoms with van der Waals surface area (Å²) in [5.41, 5.74) is 1.22. The third-order valence-corrected chi connectivity index (χ3v) is 13.5. The number of carbonyl (C=O) groups is 4. The summed E-state index contributed by atoms with van der Waals surface area (Å²) in [5.74, 6) is 0.999. The van der Waals surface area contributed by atoms with Crippen LogP contribution in [-0.2, 0) is 52.3 Å². The lowest BCUT2D eigenvalue weighted by atomic mass is 9.66. The van der Waals surface area contributed by atoms with Crippen molar-refractivity contribution in [1.29, 1.82) is 0 Å². The number of unbranched alkanes of at least 4 members (excludes halogenated alkanes) is 1. The molecule has 2 aliphatic carbocycles. The van der Waals surface area contributed by atoms with Crippen LogP contribution in [0, 0.1) is 23.7 Å². The molecule has 2 fully saturated rings. The highest BCUT2D eigenvalue weighted by atomic mass is 33.1. The second kappa shape index (κ2) is 25.1. The van der Waals surface area contributed by atoms with Gasteiger partial charge < -0.3 is 37.9 Å². The van der Waals surface area contributed by atoms with Crippen molar-refractivity contribution >= 4 is 45.7 Å². The van der Waals surface area contributed by atoms with Gasteiger partial charge in [0.25, 0.3) is 0 Å². The molecule has 8 unspecified atom stereocenters. The number of hydrogen-bond donors (Lipinski definition) is 0. The Balaban J connectivity index is 1.00. The van der Waals surface area contributed by atoms with Crippen LogP contribution in [0.2, 0.25) is 0 Å². The molecule has 12 nitrogen and oxygen atoms in total. The molecule has 54 heavy (non-hydrogen) atoms. The number of cyclic esters (lactones) is 1. The van der Waals surface area contributed by atoms with Gasteiger partial charge >= 0.3 is 24.1 Å². The van der Waals surface area contributed by atoms with Crippen molar-refractivity contribution in [2.45, 2.75) is 121 Å². The lowest BCUT2D eigenvalue weighted by Gasteiger charge is -2.42. The molecular formula is C40H62O12S2. The fourth-order valence-electron chi connectivity index (χ4n) is 7.26. The van der Waals surface area contributed by atoms with Gasteiger partial charge in [0, 0.05) is 29.8 Å². The third kappa shape index (κ3) is 16.1. The molecule has 0 saturated carbocycles. The number of carbonyl (C=O) groups excluding carboxylic acids is 4. The van der Waals surface area contributed by atoms with Gasteiger partial charge in [-0.25, -0.2) is 4.79 Å². The molecule has 0 radical (unpaired) electrons. The Bertz CT molecular complexity index is 1220. The standard InChI is InChI=1S/C40H62O12S2/c1-4-28(2)39(43)52-35-10-7-8-30-13-12-29(3)34(38(30)35)15-14-31-26-32(27-37(42)50-31)51-40(44)49-24-22-47-20-18-45-17-19-46-21-23-48-36(41)11-6-5-9-33-16-25-53-54-33/h8,12-13,28-29,31-35,38H,4-7,9-11,14-27H2,1-3H3. The average Bonchev–Trinajstić information content (AvgIpc) is 3.68. The van der Waals surface area contributed by atoms with Gasteiger partial charge in [0.05, 0.1) is 52.0 Å². The van der Waals surface area contributed by atoms with Gasteiger partial charge in [-0.3, -0.25) is 14.4 Å². The van der Waals surface area contributed by atoms with Gasteiger partial charge in [0.15, 0.2) is 0 Å². The highest BCUT2D eigenvalue weighted by Gasteiger charge is 2.41. The Morgan fingerprint density at radius 2 is 1.63 bits per heavy atom. The minimum Gasteiger partial charge on any atom is -0.463 e. The summed E-state index contributed by atoms with van der Waals surface area (Å²) in [6.07, 6.45) is 13.7. The highest BCUT2D eigenvalue weighted by Crippen LogP contribution is 2.44. The predicted molar refractivity (Wildman–Crippen MR) is 207 cm³/mol. The Kier molecular flexibility index (Phi) is 20.7. The normalized spacial score (nSPS) is 27.0. The minimum absolute atomic E-state index is 0.00705. The van der Waals surface area contributed by atoms with Crippen molar-refractivity contribution in [3.63, 3.8) is 0 Å². The second-order valence-electron chi connectivity index (χ2n) is 14.6. The fourth-order valence-corrected chi connectivity index (χ4v) is 10.3. The van der Waals surface area contributed by atoms with Crippen LogP contribution in [0.1, 0.15) is 97.8 Å². The minimum atomic E-state index is -0.845. The largest absolute Gasteiger partial charge is 0.508 e. The van der Waals surface area contributed by atoms with Crippen LogP contribution >= 0.6 is 21.6 Å². The average molecular weight is 799 g/mol. The summed E-state index contributed by atoms with van der Waals surface area (Å²) in [6, 6.07) is 0. The summed E-state index contributed by atoms with van der Waals surface area (Å²) in [6.45, 7) is 8.26. The lowest BCUT2D eigenvalue weighted by Crippen LogP contribution is -2.41. The molecule has 2 heterocycles. The zero-order valence-corrected chi connectivity index (χ0v) is 34.0. The van der Waals surface area contributed by atoms with Crippen LogP contribution in [0.15, 0.2) is 23.8 Å². The van der Waals surface area contributed by atoms with Crippen molar-refractivity contribution in [1.82, 2.24) is 0 Å². The quantitative estimate of drug-likeness (QED) is 0.0414. The molecule has 0 N–H and O–H groups in total. The van der Waals surface area contributed by atoms with Crippen LogP contribution in [0.25, 0.3) is 0 Å². The van der Waals surface area contributed by atoms with Crippen molar-refractivity contribution in [3.05, 3.63) is 23.8 Å². The van der Waals surface area contributed by atoms with E-state index in [-0.39, 0.29) is 74.1 Å². The van der Waals surface area contributed by atoms with Gasteiger partial charge in [-0.15, -0.1) is 0 Å². The molecule has 4 aliphatic rings. The first-order chi connectivity index (χ1) is 26.2. The van der Waals surface area contributed by atoms with Crippen LogP contribution in [0.4, 0.5) is 4.79 Å². The smallest absolute Gasteiger partial charge is 0.463 e. The van der Waals surface area contributed by atoms with Crippen LogP contribution in [-0.4, -0.2) is 106 Å². The van der Waals surface area contributed by atoms with Gasteiger partial charge in [0.1, 0.15) is 31.5 Å². The molecular weight excluding hydrogens is 737 g/mol. The van der Waals surface area contributed by atoms with E-state index in [1.165, 1.54) is 24.2 Å². The number of allylic oxidation sites excluding steroid dienone is 3. The molecule has 0 bridgehead atoms. The first-order valence-electron chi connectivity index (χ1n) is 20.0. The molecule has 14 heteroatoms.